The molecule has 1 aliphatic heterocycles. The summed E-state index contributed by atoms with van der Waals surface area (Å²) in [6.07, 6.45) is 6.77. The predicted molar refractivity (Wildman–Crippen MR) is 100 cm³/mol. The number of piperidine rings is 1. The van der Waals surface area contributed by atoms with Crippen LogP contribution in [0.15, 0.2) is 30.3 Å². The van der Waals surface area contributed by atoms with Crippen molar-refractivity contribution in [1.82, 2.24) is 9.88 Å². The van der Waals surface area contributed by atoms with Gasteiger partial charge in [-0.1, -0.05) is 24.6 Å². The van der Waals surface area contributed by atoms with Crippen molar-refractivity contribution in [1.29, 1.82) is 0 Å². The van der Waals surface area contributed by atoms with Crippen LogP contribution in [0.4, 0.5) is 0 Å². The fourth-order valence-corrected chi connectivity index (χ4v) is 3.90. The average molecular weight is 351 g/mol. The number of pyridine rings is 1. The molecule has 0 atom stereocenters. The van der Waals surface area contributed by atoms with E-state index in [2.05, 4.69) is 16.0 Å². The lowest BCUT2D eigenvalue weighted by Gasteiger charge is -2.27. The van der Waals surface area contributed by atoms with Gasteiger partial charge in [0.05, 0.1) is 0 Å². The Morgan fingerprint density at radius 1 is 1.12 bits per heavy atom. The highest BCUT2D eigenvalue weighted by atomic mass is 16.5. The van der Waals surface area contributed by atoms with E-state index in [0.29, 0.717) is 11.4 Å². The number of amides is 1. The number of nitrogens with zero attached hydrogens (tertiary/aromatic N) is 2. The quantitative estimate of drug-likeness (QED) is 0.896. The number of hydrogen-bond donors (Lipinski definition) is 1. The molecule has 0 spiro atoms. The first-order valence-electron chi connectivity index (χ1n) is 9.51. The van der Waals surface area contributed by atoms with E-state index in [1.165, 1.54) is 19.3 Å². The van der Waals surface area contributed by atoms with Gasteiger partial charge in [-0.2, -0.15) is 0 Å². The number of aromatic nitrogens is 1. The normalized spacial score (nSPS) is 17.1. The second-order valence-electron chi connectivity index (χ2n) is 7.21. The van der Waals surface area contributed by atoms with Crippen molar-refractivity contribution in [3.05, 3.63) is 52.7 Å². The summed E-state index contributed by atoms with van der Waals surface area (Å²) < 4.78 is 6.13. The summed E-state index contributed by atoms with van der Waals surface area (Å²) in [5.74, 6) is 0.603. The molecule has 5 heteroatoms. The van der Waals surface area contributed by atoms with E-state index < -0.39 is 5.91 Å². The van der Waals surface area contributed by atoms with Gasteiger partial charge in [0.15, 0.2) is 0 Å². The third-order valence-corrected chi connectivity index (χ3v) is 5.30. The van der Waals surface area contributed by atoms with Crippen LogP contribution in [0.1, 0.15) is 52.9 Å². The molecule has 2 heterocycles. The van der Waals surface area contributed by atoms with Crippen LogP contribution >= 0.6 is 0 Å². The number of ether oxygens (including phenoxy) is 1. The summed E-state index contributed by atoms with van der Waals surface area (Å²) in [7, 11) is 0. The number of rotatable bonds is 5. The fourth-order valence-electron chi connectivity index (χ4n) is 3.90. The molecule has 4 rings (SSSR count). The zero-order valence-electron chi connectivity index (χ0n) is 15.0. The maximum atomic E-state index is 11.9. The first-order chi connectivity index (χ1) is 12.7. The fraction of sp³-hybridized carbons (Fsp3) is 0.429. The van der Waals surface area contributed by atoms with Crippen LogP contribution in [0.5, 0.6) is 11.6 Å². The molecule has 1 fully saturated rings. The van der Waals surface area contributed by atoms with E-state index in [4.69, 9.17) is 10.5 Å². The molecule has 0 radical (unpaired) electrons. The molecule has 136 valence electrons. The lowest BCUT2D eigenvalue weighted by atomic mass is 10.1. The van der Waals surface area contributed by atoms with Gasteiger partial charge in [0, 0.05) is 17.8 Å². The molecule has 26 heavy (non-hydrogen) atoms. The second kappa shape index (κ2) is 7.46. The topological polar surface area (TPSA) is 68.5 Å². The van der Waals surface area contributed by atoms with Crippen LogP contribution in [0, 0.1) is 0 Å². The number of nitrogens with two attached hydrogens (primary N) is 1. The van der Waals surface area contributed by atoms with Crippen LogP contribution < -0.4 is 10.5 Å². The molecule has 5 nitrogen and oxygen atoms in total. The number of hydrogen-bond acceptors (Lipinski definition) is 4. The lowest BCUT2D eigenvalue weighted by Crippen LogP contribution is -2.29. The molecule has 2 aromatic rings. The molecule has 0 saturated carbocycles. The van der Waals surface area contributed by atoms with Crippen LogP contribution in [0.3, 0.4) is 0 Å². The highest BCUT2D eigenvalue weighted by Crippen LogP contribution is 2.31. The zero-order chi connectivity index (χ0) is 17.9. The Hall–Kier alpha value is -2.40. The van der Waals surface area contributed by atoms with Gasteiger partial charge in [-0.15, -0.1) is 0 Å². The molecule has 1 amide bonds. The van der Waals surface area contributed by atoms with E-state index >= 15 is 0 Å². The molecular weight excluding hydrogens is 326 g/mol. The van der Waals surface area contributed by atoms with Gasteiger partial charge < -0.3 is 10.5 Å². The highest BCUT2D eigenvalue weighted by molar-refractivity contribution is 5.95. The number of fused-ring (bicyclic) bond motifs is 1. The Morgan fingerprint density at radius 3 is 2.73 bits per heavy atom. The first kappa shape index (κ1) is 17.0. The standard InChI is InChI=1S/C21H25N3O2/c22-20(25)17-13-15-8-6-9-18(15)23-21(17)26-19-10-3-2-7-16(19)14-24-11-4-1-5-12-24/h2-3,7,10,13H,1,4-6,8-9,11-12,14H2,(H2,22,25). The Balaban J connectivity index is 1.62. The second-order valence-corrected chi connectivity index (χ2v) is 7.21. The van der Waals surface area contributed by atoms with E-state index in [9.17, 15) is 4.79 Å². The van der Waals surface area contributed by atoms with Gasteiger partial charge in [0.25, 0.3) is 5.91 Å². The SMILES string of the molecule is NC(=O)c1cc2c(nc1Oc1ccccc1CN1CCCCC1)CCC2. The summed E-state index contributed by atoms with van der Waals surface area (Å²) in [4.78, 5) is 19.0. The van der Waals surface area contributed by atoms with Gasteiger partial charge in [0.2, 0.25) is 5.88 Å². The van der Waals surface area contributed by atoms with Crippen molar-refractivity contribution >= 4 is 5.91 Å². The van der Waals surface area contributed by atoms with Gasteiger partial charge in [-0.25, -0.2) is 4.98 Å². The number of likely N-dealkylation sites (tertiary alicyclic amines) is 1. The molecule has 2 aliphatic rings. The molecule has 0 unspecified atom stereocenters. The molecule has 2 N–H and O–H groups in total. The minimum Gasteiger partial charge on any atom is -0.438 e. The van der Waals surface area contributed by atoms with E-state index in [0.717, 1.165) is 61.5 Å². The maximum Gasteiger partial charge on any atom is 0.254 e. The minimum absolute atomic E-state index is 0.337. The van der Waals surface area contributed by atoms with E-state index in [-0.39, 0.29) is 0 Å². The Morgan fingerprint density at radius 2 is 1.92 bits per heavy atom. The van der Waals surface area contributed by atoms with Crippen LogP contribution in [-0.2, 0) is 19.4 Å². The molecule has 0 bridgehead atoms. The molecule has 1 aromatic heterocycles. The summed E-state index contributed by atoms with van der Waals surface area (Å²) in [6.45, 7) is 3.10. The lowest BCUT2D eigenvalue weighted by molar-refractivity contribution is 0.0997. The number of para-hydroxylation sites is 1. The van der Waals surface area contributed by atoms with Crippen molar-refractivity contribution in [2.24, 2.45) is 5.73 Å². The van der Waals surface area contributed by atoms with Crippen LogP contribution in [-0.4, -0.2) is 28.9 Å². The maximum absolute atomic E-state index is 11.9. The summed E-state index contributed by atoms with van der Waals surface area (Å²) in [5.41, 5.74) is 9.22. The Bertz CT molecular complexity index is 813. The first-order valence-corrected chi connectivity index (χ1v) is 9.51. The molecular formula is C21H25N3O2. The average Bonchev–Trinajstić information content (AvgIpc) is 3.11. The van der Waals surface area contributed by atoms with Crippen molar-refractivity contribution < 1.29 is 9.53 Å². The number of carbonyl (C=O) groups excluding carboxylic acids is 1. The van der Waals surface area contributed by atoms with Crippen LogP contribution in [0.25, 0.3) is 0 Å². The van der Waals surface area contributed by atoms with Gasteiger partial charge in [-0.05, 0) is 62.9 Å². The van der Waals surface area contributed by atoms with E-state index in [1.54, 1.807) is 0 Å². The molecule has 1 aromatic carbocycles. The van der Waals surface area contributed by atoms with Crippen molar-refractivity contribution in [2.75, 3.05) is 13.1 Å². The third-order valence-electron chi connectivity index (χ3n) is 5.30. The van der Waals surface area contributed by atoms with Gasteiger partial charge in [-0.3, -0.25) is 9.69 Å². The number of benzene rings is 1. The van der Waals surface area contributed by atoms with Crippen molar-refractivity contribution in [3.8, 4) is 11.6 Å². The van der Waals surface area contributed by atoms with Crippen molar-refractivity contribution in [2.45, 2.75) is 45.1 Å². The molecule has 1 saturated heterocycles. The van der Waals surface area contributed by atoms with Crippen LogP contribution in [0.2, 0.25) is 0 Å². The van der Waals surface area contributed by atoms with Gasteiger partial charge >= 0.3 is 0 Å². The number of primary amides is 1. The Labute approximate surface area is 154 Å². The summed E-state index contributed by atoms with van der Waals surface area (Å²) in [5, 5.41) is 0. The summed E-state index contributed by atoms with van der Waals surface area (Å²) in [6, 6.07) is 9.87. The number of aryl methyl sites for hydroxylation is 2. The van der Waals surface area contributed by atoms with Gasteiger partial charge in [0.1, 0.15) is 11.3 Å². The van der Waals surface area contributed by atoms with Crippen molar-refractivity contribution in [3.63, 3.8) is 0 Å². The Kier molecular flexibility index (Phi) is 4.89. The summed E-state index contributed by atoms with van der Waals surface area (Å²) >= 11 is 0. The molecule has 1 aliphatic carbocycles. The minimum atomic E-state index is -0.490. The number of carbonyl (C=O) groups is 1. The zero-order valence-corrected chi connectivity index (χ0v) is 15.0. The largest absolute Gasteiger partial charge is 0.438 e. The highest BCUT2D eigenvalue weighted by Gasteiger charge is 2.21. The van der Waals surface area contributed by atoms with E-state index in [1.807, 2.05) is 24.3 Å². The predicted octanol–water partition coefficient (Wildman–Crippen LogP) is 3.45. The smallest absolute Gasteiger partial charge is 0.254 e. The third kappa shape index (κ3) is 3.58. The monoisotopic (exact) mass is 351 g/mol.